The largest absolute Gasteiger partial charge is 0.497 e. The van der Waals surface area contributed by atoms with E-state index >= 15 is 0 Å². The normalized spacial score (nSPS) is 10.6. The van der Waals surface area contributed by atoms with Gasteiger partial charge >= 0.3 is 0 Å². The molecule has 4 rings (SSSR count). The second-order valence-corrected chi connectivity index (χ2v) is 8.80. The molecule has 0 unspecified atom stereocenters. The number of pyridine rings is 1. The van der Waals surface area contributed by atoms with Gasteiger partial charge in [-0.05, 0) is 42.8 Å². The number of benzene rings is 3. The highest BCUT2D eigenvalue weighted by Gasteiger charge is 2.17. The summed E-state index contributed by atoms with van der Waals surface area (Å²) >= 11 is 7.52. The van der Waals surface area contributed by atoms with Crippen molar-refractivity contribution in [2.45, 2.75) is 17.7 Å². The molecule has 0 aliphatic carbocycles. The minimum absolute atomic E-state index is 0.257. The predicted molar refractivity (Wildman–Crippen MR) is 132 cm³/mol. The van der Waals surface area contributed by atoms with Crippen LogP contribution in [0.3, 0.4) is 0 Å². The molecular formula is C27H20ClFN2OS. The Labute approximate surface area is 201 Å². The van der Waals surface area contributed by atoms with Gasteiger partial charge in [-0.1, -0.05) is 59.6 Å². The van der Waals surface area contributed by atoms with Crippen LogP contribution in [0.2, 0.25) is 5.02 Å². The third kappa shape index (κ3) is 5.03. The van der Waals surface area contributed by atoms with Gasteiger partial charge in [0.2, 0.25) is 0 Å². The second-order valence-electron chi connectivity index (χ2n) is 7.43. The molecule has 0 aliphatic rings. The number of halogens is 2. The van der Waals surface area contributed by atoms with Crippen molar-refractivity contribution in [3.05, 3.63) is 100 Å². The highest BCUT2D eigenvalue weighted by atomic mass is 35.5. The Hall–Kier alpha value is -3.33. The second kappa shape index (κ2) is 10.1. The van der Waals surface area contributed by atoms with Gasteiger partial charge in [0.1, 0.15) is 22.7 Å². The smallest absolute Gasteiger partial charge is 0.128 e. The van der Waals surface area contributed by atoms with Gasteiger partial charge in [-0.3, -0.25) is 0 Å². The number of hydrogen-bond acceptors (Lipinski definition) is 4. The van der Waals surface area contributed by atoms with Crippen LogP contribution in [0.5, 0.6) is 5.75 Å². The van der Waals surface area contributed by atoms with Crippen molar-refractivity contribution in [2.24, 2.45) is 0 Å². The Kier molecular flexibility index (Phi) is 6.98. The molecule has 3 aromatic carbocycles. The molecule has 0 bridgehead atoms. The molecule has 33 heavy (non-hydrogen) atoms. The minimum atomic E-state index is -0.376. The first-order valence-electron chi connectivity index (χ1n) is 10.2. The number of ether oxygens (including phenoxy) is 1. The quantitative estimate of drug-likeness (QED) is 0.269. The lowest BCUT2D eigenvalue weighted by molar-refractivity contribution is 0.415. The summed E-state index contributed by atoms with van der Waals surface area (Å²) in [7, 11) is 1.61. The minimum Gasteiger partial charge on any atom is -0.497 e. The third-order valence-corrected chi connectivity index (χ3v) is 6.62. The zero-order valence-electron chi connectivity index (χ0n) is 18.1. The number of aryl methyl sites for hydroxylation is 1. The Morgan fingerprint density at radius 1 is 1.03 bits per heavy atom. The summed E-state index contributed by atoms with van der Waals surface area (Å²) in [6, 6.07) is 24.4. The van der Waals surface area contributed by atoms with E-state index < -0.39 is 0 Å². The number of aromatic nitrogens is 1. The summed E-state index contributed by atoms with van der Waals surface area (Å²) in [6.07, 6.45) is 0. The number of nitrogens with zero attached hydrogens (tertiary/aromatic N) is 2. The maximum atomic E-state index is 14.3. The summed E-state index contributed by atoms with van der Waals surface area (Å²) in [5.74, 6) is 0.611. The van der Waals surface area contributed by atoms with Gasteiger partial charge in [0.15, 0.2) is 0 Å². The summed E-state index contributed by atoms with van der Waals surface area (Å²) in [5, 5.41) is 10.9. The predicted octanol–water partition coefficient (Wildman–Crippen LogP) is 7.69. The zero-order valence-corrected chi connectivity index (χ0v) is 19.7. The van der Waals surface area contributed by atoms with Gasteiger partial charge in [-0.25, -0.2) is 9.37 Å². The first kappa shape index (κ1) is 22.8. The molecule has 3 nitrogen and oxygen atoms in total. The molecule has 0 saturated heterocycles. The van der Waals surface area contributed by atoms with Crippen molar-refractivity contribution in [3.8, 4) is 34.2 Å². The fraction of sp³-hybridized carbons (Fsp3) is 0.111. The van der Waals surface area contributed by atoms with E-state index in [1.807, 2.05) is 61.5 Å². The van der Waals surface area contributed by atoms with E-state index in [9.17, 15) is 9.65 Å². The molecule has 0 saturated carbocycles. The van der Waals surface area contributed by atoms with Crippen LogP contribution in [0.15, 0.2) is 77.8 Å². The Morgan fingerprint density at radius 2 is 1.73 bits per heavy atom. The van der Waals surface area contributed by atoms with Crippen LogP contribution in [0, 0.1) is 24.1 Å². The molecule has 0 atom stereocenters. The van der Waals surface area contributed by atoms with Crippen molar-refractivity contribution in [1.82, 2.24) is 4.98 Å². The lowest BCUT2D eigenvalue weighted by atomic mass is 9.99. The average molecular weight is 475 g/mol. The maximum absolute atomic E-state index is 14.3. The number of thioether (sulfide) groups is 1. The lowest BCUT2D eigenvalue weighted by Crippen LogP contribution is -1.97. The average Bonchev–Trinajstić information content (AvgIpc) is 2.83. The van der Waals surface area contributed by atoms with Crippen LogP contribution in [0.25, 0.3) is 22.4 Å². The van der Waals surface area contributed by atoms with E-state index in [1.54, 1.807) is 19.2 Å². The molecule has 4 aromatic rings. The molecule has 0 amide bonds. The SMILES string of the molecule is COc1ccc(-c2cc(-c3ccc(C)cc3)nc(SCc3c(F)cccc3Cl)c2C#N)cc1. The first-order chi connectivity index (χ1) is 16.0. The number of rotatable bonds is 6. The third-order valence-electron chi connectivity index (χ3n) is 5.26. The van der Waals surface area contributed by atoms with Crippen molar-refractivity contribution < 1.29 is 9.13 Å². The zero-order chi connectivity index (χ0) is 23.4. The van der Waals surface area contributed by atoms with Gasteiger partial charge in [0.05, 0.1) is 18.4 Å². The van der Waals surface area contributed by atoms with Crippen LogP contribution in [0.4, 0.5) is 4.39 Å². The summed E-state index contributed by atoms with van der Waals surface area (Å²) in [6.45, 7) is 2.03. The van der Waals surface area contributed by atoms with Gasteiger partial charge < -0.3 is 4.74 Å². The van der Waals surface area contributed by atoms with Crippen LogP contribution in [-0.2, 0) is 5.75 Å². The van der Waals surface area contributed by atoms with E-state index in [4.69, 9.17) is 21.3 Å². The van der Waals surface area contributed by atoms with Crippen molar-refractivity contribution in [2.75, 3.05) is 7.11 Å². The highest BCUT2D eigenvalue weighted by molar-refractivity contribution is 7.98. The van der Waals surface area contributed by atoms with Crippen LogP contribution < -0.4 is 4.74 Å². The standard InChI is InChI=1S/C27H20ClFN2OS/c1-17-6-8-19(9-7-17)26-14-21(18-10-12-20(32-2)13-11-18)22(15-30)27(31-26)33-16-23-24(28)4-3-5-25(23)29/h3-14H,16H2,1-2H3. The monoisotopic (exact) mass is 474 g/mol. The molecule has 1 aromatic heterocycles. The lowest BCUT2D eigenvalue weighted by Gasteiger charge is -2.14. The topological polar surface area (TPSA) is 45.9 Å². The highest BCUT2D eigenvalue weighted by Crippen LogP contribution is 2.37. The Bertz CT molecular complexity index is 1310. The first-order valence-corrected chi connectivity index (χ1v) is 11.6. The molecule has 0 spiro atoms. The fourth-order valence-electron chi connectivity index (χ4n) is 3.42. The molecule has 6 heteroatoms. The van der Waals surface area contributed by atoms with E-state index in [0.29, 0.717) is 21.2 Å². The molecular weight excluding hydrogens is 455 g/mol. The van der Waals surface area contributed by atoms with Crippen molar-refractivity contribution >= 4 is 23.4 Å². The summed E-state index contributed by atoms with van der Waals surface area (Å²) in [4.78, 5) is 4.79. The fourth-order valence-corrected chi connectivity index (χ4v) is 4.76. The van der Waals surface area contributed by atoms with Crippen molar-refractivity contribution in [3.63, 3.8) is 0 Å². The van der Waals surface area contributed by atoms with Gasteiger partial charge in [-0.15, -0.1) is 11.8 Å². The molecule has 0 aliphatic heterocycles. The number of methoxy groups -OCH3 is 1. The van der Waals surface area contributed by atoms with Crippen molar-refractivity contribution in [1.29, 1.82) is 5.26 Å². The van der Waals surface area contributed by atoms with Crippen LogP contribution in [-0.4, -0.2) is 12.1 Å². The van der Waals surface area contributed by atoms with Crippen LogP contribution in [0.1, 0.15) is 16.7 Å². The van der Waals surface area contributed by atoms with Gasteiger partial charge in [0.25, 0.3) is 0 Å². The maximum Gasteiger partial charge on any atom is 0.128 e. The van der Waals surface area contributed by atoms with E-state index in [-0.39, 0.29) is 11.6 Å². The molecule has 1 heterocycles. The number of nitriles is 1. The van der Waals surface area contributed by atoms with Gasteiger partial charge in [0, 0.05) is 27.5 Å². The summed E-state index contributed by atoms with van der Waals surface area (Å²) in [5.41, 5.74) is 5.27. The molecule has 0 fully saturated rings. The number of hydrogen-bond donors (Lipinski definition) is 0. The van der Waals surface area contributed by atoms with E-state index in [0.717, 1.165) is 33.7 Å². The van der Waals surface area contributed by atoms with Gasteiger partial charge in [-0.2, -0.15) is 5.26 Å². The molecule has 164 valence electrons. The Balaban J connectivity index is 1.83. The van der Waals surface area contributed by atoms with E-state index in [1.165, 1.54) is 17.8 Å². The van der Waals surface area contributed by atoms with Crippen LogP contribution >= 0.6 is 23.4 Å². The molecule has 0 N–H and O–H groups in total. The Morgan fingerprint density at radius 3 is 2.36 bits per heavy atom. The molecule has 0 radical (unpaired) electrons. The van der Waals surface area contributed by atoms with E-state index in [2.05, 4.69) is 6.07 Å². The summed E-state index contributed by atoms with van der Waals surface area (Å²) < 4.78 is 19.6.